The lowest BCUT2D eigenvalue weighted by Gasteiger charge is -1.99. The summed E-state index contributed by atoms with van der Waals surface area (Å²) in [5, 5.41) is 14.0. The molecule has 1 rings (SSSR count). The minimum absolute atomic E-state index is 0.269. The highest BCUT2D eigenvalue weighted by Crippen LogP contribution is 2.03. The van der Waals surface area contributed by atoms with Crippen LogP contribution in [0.15, 0.2) is 0 Å². The van der Waals surface area contributed by atoms with Crippen molar-refractivity contribution in [3.05, 3.63) is 0 Å². The molecule has 0 radical (unpaired) electrons. The number of aliphatic carboxylic acids is 1. The van der Waals surface area contributed by atoms with E-state index in [0.29, 0.717) is 0 Å². The molecule has 1 fully saturated rings. The van der Waals surface area contributed by atoms with Gasteiger partial charge in [0.25, 0.3) is 0 Å². The quantitative estimate of drug-likeness (QED) is 0.491. The van der Waals surface area contributed by atoms with Crippen LogP contribution in [0, 0.1) is 0 Å². The van der Waals surface area contributed by atoms with Gasteiger partial charge >= 0.3 is 5.97 Å². The Hall–Kier alpha value is -0.610. The summed E-state index contributed by atoms with van der Waals surface area (Å²) in [5.74, 6) is -0.720. The zero-order chi connectivity index (χ0) is 8.69. The normalized spacial score (nSPS) is 22.2. The molecule has 0 aromatic heterocycles. The van der Waals surface area contributed by atoms with Crippen molar-refractivity contribution in [2.24, 2.45) is 0 Å². The molecule has 0 saturated carbocycles. The average Bonchev–Trinajstić information content (AvgIpc) is 2.38. The maximum atomic E-state index is 10.1. The lowest BCUT2D eigenvalue weighted by Crippen LogP contribution is -2.29. The molecule has 1 atom stereocenters. The van der Waals surface area contributed by atoms with E-state index in [2.05, 4.69) is 10.6 Å². The summed E-state index contributed by atoms with van der Waals surface area (Å²) in [5.41, 5.74) is 0. The Morgan fingerprint density at radius 1 is 1.64 bits per heavy atom. The predicted molar refractivity (Wildman–Crippen MR) is 43.6 cm³/mol. The molecular formula is C7H16N2O2. The van der Waals surface area contributed by atoms with Gasteiger partial charge in [0.1, 0.15) is 6.04 Å². The molecule has 1 heterocycles. The Bertz CT molecular complexity index is 111. The van der Waals surface area contributed by atoms with Gasteiger partial charge in [-0.15, -0.1) is 0 Å². The Morgan fingerprint density at radius 2 is 2.18 bits per heavy atom. The summed E-state index contributed by atoms with van der Waals surface area (Å²) < 4.78 is 0. The highest BCUT2D eigenvalue weighted by Gasteiger charge is 2.20. The average molecular weight is 160 g/mol. The highest BCUT2D eigenvalue weighted by molar-refractivity contribution is 5.73. The number of rotatable bonds is 1. The van der Waals surface area contributed by atoms with E-state index < -0.39 is 5.97 Å². The van der Waals surface area contributed by atoms with Crippen molar-refractivity contribution >= 4 is 5.97 Å². The van der Waals surface area contributed by atoms with Crippen molar-refractivity contribution in [2.75, 3.05) is 20.6 Å². The molecule has 1 aliphatic rings. The van der Waals surface area contributed by atoms with Crippen molar-refractivity contribution in [3.63, 3.8) is 0 Å². The summed E-state index contributed by atoms with van der Waals surface area (Å²) in [6.07, 6.45) is 1.78. The van der Waals surface area contributed by atoms with Crippen LogP contribution in [0.5, 0.6) is 0 Å². The monoisotopic (exact) mass is 160 g/mol. The van der Waals surface area contributed by atoms with Crippen LogP contribution in [-0.4, -0.2) is 37.8 Å². The van der Waals surface area contributed by atoms with E-state index in [4.69, 9.17) is 5.11 Å². The Morgan fingerprint density at radius 3 is 2.36 bits per heavy atom. The minimum atomic E-state index is -0.720. The van der Waals surface area contributed by atoms with Crippen LogP contribution in [-0.2, 0) is 4.79 Å². The van der Waals surface area contributed by atoms with Gasteiger partial charge in [-0.1, -0.05) is 0 Å². The fraction of sp³-hybridized carbons (Fsp3) is 0.857. The zero-order valence-electron chi connectivity index (χ0n) is 7.05. The van der Waals surface area contributed by atoms with Crippen LogP contribution < -0.4 is 10.6 Å². The molecule has 0 bridgehead atoms. The van der Waals surface area contributed by atoms with Crippen LogP contribution >= 0.6 is 0 Å². The first kappa shape index (κ1) is 10.4. The van der Waals surface area contributed by atoms with Gasteiger partial charge in [-0.05, 0) is 33.5 Å². The van der Waals surface area contributed by atoms with Gasteiger partial charge in [0.05, 0.1) is 0 Å². The summed E-state index contributed by atoms with van der Waals surface area (Å²) in [4.78, 5) is 10.1. The Kier molecular flexibility index (Phi) is 5.78. The van der Waals surface area contributed by atoms with Crippen molar-refractivity contribution in [1.29, 1.82) is 0 Å². The second-order valence-electron chi connectivity index (χ2n) is 2.49. The first-order chi connectivity index (χ1) is 5.22. The maximum Gasteiger partial charge on any atom is 0.320 e. The van der Waals surface area contributed by atoms with E-state index in [1.165, 1.54) is 0 Å². The standard InChI is InChI=1S/C5H9NO2.C2H7N/c7-5(8)4-2-1-3-6-4;1-3-2/h4,6H,1-3H2,(H,7,8);3H,1-2H3. The first-order valence-corrected chi connectivity index (χ1v) is 3.77. The van der Waals surface area contributed by atoms with E-state index in [1.54, 1.807) is 0 Å². The third kappa shape index (κ3) is 4.75. The molecule has 11 heavy (non-hydrogen) atoms. The summed E-state index contributed by atoms with van der Waals surface area (Å²) in [7, 11) is 3.75. The molecule has 0 spiro atoms. The fourth-order valence-corrected chi connectivity index (χ4v) is 0.895. The molecule has 0 aliphatic carbocycles. The molecule has 0 aromatic carbocycles. The molecule has 4 heteroatoms. The van der Waals surface area contributed by atoms with Gasteiger partial charge in [0.2, 0.25) is 0 Å². The van der Waals surface area contributed by atoms with Crippen LogP contribution in [0.25, 0.3) is 0 Å². The lowest BCUT2D eigenvalue weighted by molar-refractivity contribution is -0.139. The van der Waals surface area contributed by atoms with E-state index >= 15 is 0 Å². The lowest BCUT2D eigenvalue weighted by atomic mass is 10.2. The largest absolute Gasteiger partial charge is 0.480 e. The number of carbonyl (C=O) groups is 1. The van der Waals surface area contributed by atoms with Gasteiger partial charge in [-0.3, -0.25) is 4.79 Å². The van der Waals surface area contributed by atoms with E-state index in [-0.39, 0.29) is 6.04 Å². The molecule has 1 unspecified atom stereocenters. The minimum Gasteiger partial charge on any atom is -0.480 e. The van der Waals surface area contributed by atoms with Crippen molar-refractivity contribution in [1.82, 2.24) is 10.6 Å². The maximum absolute atomic E-state index is 10.1. The summed E-state index contributed by atoms with van der Waals surface area (Å²) in [6, 6.07) is -0.269. The molecule has 0 aromatic rings. The fourth-order valence-electron chi connectivity index (χ4n) is 0.895. The first-order valence-electron chi connectivity index (χ1n) is 3.77. The smallest absolute Gasteiger partial charge is 0.320 e. The second-order valence-corrected chi connectivity index (χ2v) is 2.49. The number of nitrogens with one attached hydrogen (secondary N) is 2. The zero-order valence-corrected chi connectivity index (χ0v) is 7.05. The molecule has 1 aliphatic heterocycles. The van der Waals surface area contributed by atoms with Crippen molar-refractivity contribution < 1.29 is 9.90 Å². The van der Waals surface area contributed by atoms with Crippen molar-refractivity contribution in [3.8, 4) is 0 Å². The molecule has 0 amide bonds. The van der Waals surface area contributed by atoms with Crippen molar-refractivity contribution in [2.45, 2.75) is 18.9 Å². The Balaban J connectivity index is 0.000000292. The number of hydrogen-bond acceptors (Lipinski definition) is 3. The molecule has 4 nitrogen and oxygen atoms in total. The van der Waals surface area contributed by atoms with Gasteiger partial charge in [-0.25, -0.2) is 0 Å². The van der Waals surface area contributed by atoms with Gasteiger partial charge < -0.3 is 15.7 Å². The number of hydrogen-bond donors (Lipinski definition) is 3. The van der Waals surface area contributed by atoms with E-state index in [1.807, 2.05) is 14.1 Å². The molecule has 3 N–H and O–H groups in total. The SMILES string of the molecule is CNC.O=C(O)C1CCCN1. The van der Waals surface area contributed by atoms with Crippen LogP contribution in [0.4, 0.5) is 0 Å². The highest BCUT2D eigenvalue weighted by atomic mass is 16.4. The van der Waals surface area contributed by atoms with Gasteiger partial charge in [0, 0.05) is 0 Å². The molecule has 66 valence electrons. The van der Waals surface area contributed by atoms with Crippen LogP contribution in [0.2, 0.25) is 0 Å². The third-order valence-electron chi connectivity index (χ3n) is 1.36. The summed E-state index contributed by atoms with van der Waals surface area (Å²) >= 11 is 0. The van der Waals surface area contributed by atoms with E-state index in [9.17, 15) is 4.79 Å². The topological polar surface area (TPSA) is 61.4 Å². The second kappa shape index (κ2) is 6.12. The Labute approximate surface area is 67.0 Å². The van der Waals surface area contributed by atoms with Gasteiger partial charge in [-0.2, -0.15) is 0 Å². The van der Waals surface area contributed by atoms with Crippen LogP contribution in [0.3, 0.4) is 0 Å². The van der Waals surface area contributed by atoms with E-state index in [0.717, 1.165) is 19.4 Å². The molecule has 1 saturated heterocycles. The van der Waals surface area contributed by atoms with Gasteiger partial charge in [0.15, 0.2) is 0 Å². The molecular weight excluding hydrogens is 144 g/mol. The third-order valence-corrected chi connectivity index (χ3v) is 1.36. The number of carboxylic acid groups (broad SMARTS) is 1. The predicted octanol–water partition coefficient (Wildman–Crippen LogP) is -0.341. The van der Waals surface area contributed by atoms with Crippen LogP contribution in [0.1, 0.15) is 12.8 Å². The summed E-state index contributed by atoms with van der Waals surface area (Å²) in [6.45, 7) is 0.858. The number of carboxylic acids is 1.